The van der Waals surface area contributed by atoms with Crippen LogP contribution in [0.25, 0.3) is 22.1 Å². The summed E-state index contributed by atoms with van der Waals surface area (Å²) >= 11 is 0. The molecular weight excluding hydrogens is 614 g/mol. The highest BCUT2D eigenvalue weighted by Crippen LogP contribution is 2.22. The van der Waals surface area contributed by atoms with Crippen molar-refractivity contribution in [2.75, 3.05) is 5.32 Å². The summed E-state index contributed by atoms with van der Waals surface area (Å²) in [4.78, 5) is 84.1. The number of carboxylic acid groups (broad SMARTS) is 3. The Hall–Kier alpha value is -6.58. The number of aliphatic carboxylic acids is 2. The number of hydrogen-bond acceptors (Lipinski definition) is 8. The Kier molecular flexibility index (Phi) is 8.67. The highest BCUT2D eigenvalue weighted by Gasteiger charge is 2.23. The molecule has 8 N–H and O–H groups in total. The number of anilines is 1. The Bertz CT molecular complexity index is 2120. The average Bonchev–Trinajstić information content (AvgIpc) is 3.57. The molecule has 240 valence electrons. The predicted octanol–water partition coefficient (Wildman–Crippen LogP) is 2.14. The fourth-order valence-electron chi connectivity index (χ4n) is 4.91. The maximum absolute atomic E-state index is 13.3. The fourth-order valence-corrected chi connectivity index (χ4v) is 4.91. The fraction of sp³-hybridized carbons (Fsp3) is 0.161. The minimum atomic E-state index is -1.54. The molecule has 0 aliphatic heterocycles. The van der Waals surface area contributed by atoms with Crippen molar-refractivity contribution < 1.29 is 44.1 Å². The van der Waals surface area contributed by atoms with Crippen molar-refractivity contribution in [1.82, 2.24) is 24.8 Å². The van der Waals surface area contributed by atoms with Gasteiger partial charge in [0.05, 0.1) is 34.1 Å². The predicted molar refractivity (Wildman–Crippen MR) is 165 cm³/mol. The molecule has 16 nitrogen and oxygen atoms in total. The number of imidazole rings is 2. The molecule has 0 aliphatic carbocycles. The van der Waals surface area contributed by atoms with Gasteiger partial charge in [0.2, 0.25) is 5.91 Å². The second-order valence-electron chi connectivity index (χ2n) is 10.6. The van der Waals surface area contributed by atoms with E-state index >= 15 is 0 Å². The van der Waals surface area contributed by atoms with Gasteiger partial charge in [0, 0.05) is 35.8 Å². The maximum Gasteiger partial charge on any atom is 0.335 e. The quantitative estimate of drug-likeness (QED) is 0.104. The summed E-state index contributed by atoms with van der Waals surface area (Å²) in [7, 11) is 1.77. The number of amides is 3. The second kappa shape index (κ2) is 12.8. The Balaban J connectivity index is 1.36. The van der Waals surface area contributed by atoms with E-state index in [1.54, 1.807) is 41.9 Å². The van der Waals surface area contributed by atoms with Gasteiger partial charge in [-0.05, 0) is 61.0 Å². The van der Waals surface area contributed by atoms with Gasteiger partial charge in [-0.1, -0.05) is 0 Å². The zero-order valence-electron chi connectivity index (χ0n) is 24.6. The molecule has 1 atom stereocenters. The summed E-state index contributed by atoms with van der Waals surface area (Å²) in [6, 6.07) is 11.4. The summed E-state index contributed by atoms with van der Waals surface area (Å²) in [5.74, 6) is -5.06. The lowest BCUT2D eigenvalue weighted by atomic mass is 10.1. The standard InChI is InChI=1S/C31H27N7O9/c1-38-23-12-15(3-5-20(23)36-25(38)13-24-34-19-4-2-14(27(32)41)11-22(19)35-24)28(42)33-18-9-16(8-17(10-18)30(44)45)29(43)37-21(31(46)47)6-7-26(39)40/h2-5,8-12,21H,6-7,13H2,1H3,(H2,32,41)(H,33,42)(H,34,35)(H,37,43)(H,39,40)(H,44,45)(H,46,47)/t21-/m0/s1. The van der Waals surface area contributed by atoms with Gasteiger partial charge < -0.3 is 41.2 Å². The van der Waals surface area contributed by atoms with E-state index in [0.29, 0.717) is 45.7 Å². The number of benzene rings is 3. The van der Waals surface area contributed by atoms with Crippen LogP contribution in [0.2, 0.25) is 0 Å². The van der Waals surface area contributed by atoms with E-state index < -0.39 is 54.5 Å². The molecule has 16 heteroatoms. The number of nitrogens with zero attached hydrogens (tertiary/aromatic N) is 3. The number of nitrogens with one attached hydrogen (secondary N) is 3. The van der Waals surface area contributed by atoms with Crippen LogP contribution in [0.4, 0.5) is 5.69 Å². The molecular formula is C31H27N7O9. The van der Waals surface area contributed by atoms with Crippen molar-refractivity contribution in [2.45, 2.75) is 25.3 Å². The normalized spacial score (nSPS) is 11.7. The van der Waals surface area contributed by atoms with E-state index in [1.165, 1.54) is 12.1 Å². The summed E-state index contributed by atoms with van der Waals surface area (Å²) in [6.45, 7) is 0. The van der Waals surface area contributed by atoms with Crippen molar-refractivity contribution in [3.05, 3.63) is 88.5 Å². The van der Waals surface area contributed by atoms with Crippen molar-refractivity contribution >= 4 is 63.4 Å². The summed E-state index contributed by atoms with van der Waals surface area (Å²) < 4.78 is 1.78. The molecule has 47 heavy (non-hydrogen) atoms. The monoisotopic (exact) mass is 641 g/mol. The SMILES string of the molecule is Cn1c(Cc2nc3ccc(C(N)=O)cc3[nH]2)nc2ccc(C(=O)Nc3cc(C(=O)O)cc(C(=O)N[C@@H](CCC(=O)O)C(=O)O)c3)cc21. The Morgan fingerprint density at radius 3 is 2.23 bits per heavy atom. The molecule has 5 rings (SSSR count). The lowest BCUT2D eigenvalue weighted by molar-refractivity contribution is -0.140. The van der Waals surface area contributed by atoms with Crippen LogP contribution >= 0.6 is 0 Å². The molecule has 5 aromatic rings. The van der Waals surface area contributed by atoms with Crippen LogP contribution in [-0.4, -0.2) is 76.5 Å². The molecule has 0 bridgehead atoms. The van der Waals surface area contributed by atoms with Crippen molar-refractivity contribution in [3.8, 4) is 0 Å². The largest absolute Gasteiger partial charge is 0.481 e. The van der Waals surface area contributed by atoms with Crippen LogP contribution in [0.15, 0.2) is 54.6 Å². The van der Waals surface area contributed by atoms with Gasteiger partial charge in [0.1, 0.15) is 17.7 Å². The summed E-state index contributed by atoms with van der Waals surface area (Å²) in [5.41, 5.74) is 7.73. The van der Waals surface area contributed by atoms with Gasteiger partial charge in [0.25, 0.3) is 11.8 Å². The third-order valence-electron chi connectivity index (χ3n) is 7.33. The second-order valence-corrected chi connectivity index (χ2v) is 10.6. The van der Waals surface area contributed by atoms with Crippen LogP contribution in [0.1, 0.15) is 65.9 Å². The van der Waals surface area contributed by atoms with Gasteiger partial charge in [-0.3, -0.25) is 19.2 Å². The zero-order chi connectivity index (χ0) is 34.0. The average molecular weight is 642 g/mol. The van der Waals surface area contributed by atoms with Gasteiger partial charge in [-0.15, -0.1) is 0 Å². The number of rotatable bonds is 12. The molecule has 0 radical (unpaired) electrons. The number of aromatic amines is 1. The van der Waals surface area contributed by atoms with Crippen LogP contribution in [-0.2, 0) is 23.1 Å². The number of aromatic carboxylic acids is 1. The highest BCUT2D eigenvalue weighted by molar-refractivity contribution is 6.08. The molecule has 0 saturated heterocycles. The molecule has 3 amide bonds. The Morgan fingerprint density at radius 1 is 0.851 bits per heavy atom. The van der Waals surface area contributed by atoms with E-state index in [9.17, 15) is 39.0 Å². The first kappa shape index (κ1) is 31.8. The number of fused-ring (bicyclic) bond motifs is 2. The lowest BCUT2D eigenvalue weighted by Crippen LogP contribution is -2.41. The van der Waals surface area contributed by atoms with Crippen LogP contribution < -0.4 is 16.4 Å². The Morgan fingerprint density at radius 2 is 1.55 bits per heavy atom. The van der Waals surface area contributed by atoms with E-state index in [0.717, 1.165) is 12.1 Å². The molecule has 0 spiro atoms. The number of carbonyl (C=O) groups excluding carboxylic acids is 3. The number of aromatic nitrogens is 4. The summed E-state index contributed by atoms with van der Waals surface area (Å²) in [5, 5.41) is 32.6. The number of primary amides is 1. The molecule has 3 aromatic carbocycles. The van der Waals surface area contributed by atoms with Gasteiger partial charge in [0.15, 0.2) is 0 Å². The third-order valence-corrected chi connectivity index (χ3v) is 7.33. The first-order valence-electron chi connectivity index (χ1n) is 14.0. The third kappa shape index (κ3) is 7.06. The van der Waals surface area contributed by atoms with E-state index in [1.807, 2.05) is 0 Å². The first-order valence-corrected chi connectivity index (χ1v) is 14.0. The minimum Gasteiger partial charge on any atom is -0.481 e. The van der Waals surface area contributed by atoms with Crippen molar-refractivity contribution in [2.24, 2.45) is 12.8 Å². The molecule has 0 fully saturated rings. The number of nitrogens with two attached hydrogens (primary N) is 1. The number of carbonyl (C=O) groups is 6. The highest BCUT2D eigenvalue weighted by atomic mass is 16.4. The number of H-pyrrole nitrogens is 1. The lowest BCUT2D eigenvalue weighted by Gasteiger charge is -2.15. The maximum atomic E-state index is 13.3. The van der Waals surface area contributed by atoms with E-state index in [4.69, 9.17) is 10.8 Å². The molecule has 2 heterocycles. The first-order chi connectivity index (χ1) is 22.3. The zero-order valence-corrected chi connectivity index (χ0v) is 24.6. The summed E-state index contributed by atoms with van der Waals surface area (Å²) in [6.07, 6.45) is -0.610. The van der Waals surface area contributed by atoms with Crippen molar-refractivity contribution in [1.29, 1.82) is 0 Å². The molecule has 0 unspecified atom stereocenters. The van der Waals surface area contributed by atoms with Crippen molar-refractivity contribution in [3.63, 3.8) is 0 Å². The molecule has 0 saturated carbocycles. The van der Waals surface area contributed by atoms with Gasteiger partial charge in [-0.2, -0.15) is 0 Å². The molecule has 2 aromatic heterocycles. The van der Waals surface area contributed by atoms with Gasteiger partial charge >= 0.3 is 17.9 Å². The van der Waals surface area contributed by atoms with Crippen LogP contribution in [0.5, 0.6) is 0 Å². The van der Waals surface area contributed by atoms with Gasteiger partial charge in [-0.25, -0.2) is 19.6 Å². The topological polar surface area (TPSA) is 260 Å². The number of hydrogen-bond donors (Lipinski definition) is 7. The Labute approximate surface area is 264 Å². The van der Waals surface area contributed by atoms with Crippen LogP contribution in [0.3, 0.4) is 0 Å². The van der Waals surface area contributed by atoms with E-state index in [-0.39, 0.29) is 22.4 Å². The number of aryl methyl sites for hydroxylation is 1. The van der Waals surface area contributed by atoms with Crippen LogP contribution in [0, 0.1) is 0 Å². The number of carboxylic acids is 3. The molecule has 0 aliphatic rings. The minimum absolute atomic E-state index is 0.0485. The smallest absolute Gasteiger partial charge is 0.335 e. The van der Waals surface area contributed by atoms with E-state index in [2.05, 4.69) is 25.6 Å².